The fraction of sp³-hybridized carbons (Fsp3) is 0. The number of benzene rings is 2. The number of anilines is 1. The number of nitrogens with one attached hydrogen (secondary N) is 1. The van der Waals surface area contributed by atoms with E-state index in [1.807, 2.05) is 0 Å². The Kier molecular flexibility index (Phi) is 4.18. The van der Waals surface area contributed by atoms with E-state index in [0.717, 1.165) is 11.3 Å². The van der Waals surface area contributed by atoms with Gasteiger partial charge in [-0.1, -0.05) is 35.3 Å². The third kappa shape index (κ3) is 3.45. The summed E-state index contributed by atoms with van der Waals surface area (Å²) < 4.78 is 12.7. The van der Waals surface area contributed by atoms with E-state index in [2.05, 4.69) is 10.5 Å². The fourth-order valence-electron chi connectivity index (χ4n) is 1.30. The molecule has 0 spiro atoms. The Balaban J connectivity index is 2.02. The molecule has 0 aliphatic rings. The van der Waals surface area contributed by atoms with E-state index >= 15 is 0 Å². The number of halogens is 3. The van der Waals surface area contributed by atoms with Crippen molar-refractivity contribution in [3.63, 3.8) is 0 Å². The highest BCUT2D eigenvalue weighted by Crippen LogP contribution is 2.24. The van der Waals surface area contributed by atoms with Crippen molar-refractivity contribution in [2.45, 2.75) is 0 Å². The molecule has 0 saturated carbocycles. The number of rotatable bonds is 3. The summed E-state index contributed by atoms with van der Waals surface area (Å²) in [4.78, 5) is 0. The van der Waals surface area contributed by atoms with E-state index in [1.54, 1.807) is 36.5 Å². The van der Waals surface area contributed by atoms with Crippen molar-refractivity contribution in [3.05, 3.63) is 63.9 Å². The maximum atomic E-state index is 12.7. The summed E-state index contributed by atoms with van der Waals surface area (Å²) in [6.07, 6.45) is 1.59. The first-order valence-corrected chi connectivity index (χ1v) is 5.90. The molecular formula is C13H9Cl2FN2. The molecule has 0 aromatic heterocycles. The molecular weight excluding hydrogens is 274 g/mol. The molecule has 0 bridgehead atoms. The van der Waals surface area contributed by atoms with Crippen LogP contribution in [0.1, 0.15) is 5.56 Å². The standard InChI is InChI=1S/C13H9Cl2FN2/c14-12-6-5-11(7-13(12)15)18-17-8-9-1-3-10(16)4-2-9/h1-8,18H/b17-8-. The highest BCUT2D eigenvalue weighted by Gasteiger charge is 1.97. The number of hydrogen-bond acceptors (Lipinski definition) is 2. The van der Waals surface area contributed by atoms with Gasteiger partial charge in [0, 0.05) is 0 Å². The van der Waals surface area contributed by atoms with Crippen molar-refractivity contribution in [1.82, 2.24) is 0 Å². The highest BCUT2D eigenvalue weighted by atomic mass is 35.5. The SMILES string of the molecule is Fc1ccc(/C=N\Nc2ccc(Cl)c(Cl)c2)cc1. The zero-order chi connectivity index (χ0) is 13.0. The topological polar surface area (TPSA) is 24.4 Å². The minimum atomic E-state index is -0.274. The Hall–Kier alpha value is -1.58. The number of hydrogen-bond donors (Lipinski definition) is 1. The van der Waals surface area contributed by atoms with Crippen LogP contribution in [-0.4, -0.2) is 6.21 Å². The minimum Gasteiger partial charge on any atom is -0.278 e. The molecule has 0 atom stereocenters. The molecule has 0 fully saturated rings. The van der Waals surface area contributed by atoms with E-state index < -0.39 is 0 Å². The van der Waals surface area contributed by atoms with Gasteiger partial charge in [0.05, 0.1) is 21.9 Å². The average molecular weight is 283 g/mol. The van der Waals surface area contributed by atoms with Crippen LogP contribution in [0.4, 0.5) is 10.1 Å². The largest absolute Gasteiger partial charge is 0.278 e. The van der Waals surface area contributed by atoms with Gasteiger partial charge in [0.25, 0.3) is 0 Å². The first-order valence-electron chi connectivity index (χ1n) is 5.15. The predicted molar refractivity (Wildman–Crippen MR) is 74.1 cm³/mol. The zero-order valence-electron chi connectivity index (χ0n) is 9.20. The molecule has 0 saturated heterocycles. The fourth-order valence-corrected chi connectivity index (χ4v) is 1.59. The summed E-state index contributed by atoms with van der Waals surface area (Å²) in [6, 6.07) is 11.1. The van der Waals surface area contributed by atoms with Gasteiger partial charge in [-0.15, -0.1) is 0 Å². The first kappa shape index (κ1) is 12.9. The summed E-state index contributed by atoms with van der Waals surface area (Å²) in [5.41, 5.74) is 4.33. The van der Waals surface area contributed by atoms with Crippen LogP contribution >= 0.6 is 23.2 Å². The van der Waals surface area contributed by atoms with Gasteiger partial charge in [-0.05, 0) is 35.9 Å². The maximum Gasteiger partial charge on any atom is 0.123 e. The molecule has 0 heterocycles. The van der Waals surface area contributed by atoms with Gasteiger partial charge in [-0.2, -0.15) is 5.10 Å². The molecule has 2 rings (SSSR count). The smallest absolute Gasteiger partial charge is 0.123 e. The average Bonchev–Trinajstić information content (AvgIpc) is 2.36. The lowest BCUT2D eigenvalue weighted by Crippen LogP contribution is -1.90. The lowest BCUT2D eigenvalue weighted by Gasteiger charge is -2.01. The summed E-state index contributed by atoms with van der Waals surface area (Å²) >= 11 is 11.7. The van der Waals surface area contributed by atoms with Crippen LogP contribution in [0.5, 0.6) is 0 Å². The second-order valence-electron chi connectivity index (χ2n) is 3.55. The van der Waals surface area contributed by atoms with Crippen molar-refractivity contribution in [1.29, 1.82) is 0 Å². The first-order chi connectivity index (χ1) is 8.65. The Morgan fingerprint density at radius 3 is 2.39 bits per heavy atom. The van der Waals surface area contributed by atoms with Gasteiger partial charge in [0.1, 0.15) is 5.82 Å². The van der Waals surface area contributed by atoms with Gasteiger partial charge in [-0.25, -0.2) is 4.39 Å². The van der Waals surface area contributed by atoms with Gasteiger partial charge in [-0.3, -0.25) is 5.43 Å². The molecule has 2 aromatic carbocycles. The van der Waals surface area contributed by atoms with Crippen molar-refractivity contribution < 1.29 is 4.39 Å². The van der Waals surface area contributed by atoms with Crippen LogP contribution in [0.25, 0.3) is 0 Å². The third-order valence-electron chi connectivity index (χ3n) is 2.20. The maximum absolute atomic E-state index is 12.7. The predicted octanol–water partition coefficient (Wildman–Crippen LogP) is 4.58. The molecule has 5 heteroatoms. The zero-order valence-corrected chi connectivity index (χ0v) is 10.7. The second kappa shape index (κ2) is 5.85. The van der Waals surface area contributed by atoms with Crippen molar-refractivity contribution in [2.75, 3.05) is 5.43 Å². The van der Waals surface area contributed by atoms with Crippen LogP contribution in [0.3, 0.4) is 0 Å². The lowest BCUT2D eigenvalue weighted by molar-refractivity contribution is 0.628. The summed E-state index contributed by atoms with van der Waals surface area (Å²) in [6.45, 7) is 0. The van der Waals surface area contributed by atoms with Crippen LogP contribution in [0, 0.1) is 5.82 Å². The lowest BCUT2D eigenvalue weighted by atomic mass is 10.2. The van der Waals surface area contributed by atoms with E-state index in [4.69, 9.17) is 23.2 Å². The van der Waals surface area contributed by atoms with E-state index in [0.29, 0.717) is 10.0 Å². The second-order valence-corrected chi connectivity index (χ2v) is 4.36. The molecule has 0 aliphatic carbocycles. The highest BCUT2D eigenvalue weighted by molar-refractivity contribution is 6.42. The third-order valence-corrected chi connectivity index (χ3v) is 2.94. The van der Waals surface area contributed by atoms with Crippen molar-refractivity contribution in [3.8, 4) is 0 Å². The normalized spacial score (nSPS) is 10.8. The van der Waals surface area contributed by atoms with Gasteiger partial charge < -0.3 is 0 Å². The molecule has 18 heavy (non-hydrogen) atoms. The van der Waals surface area contributed by atoms with Crippen molar-refractivity contribution >= 4 is 35.1 Å². The van der Waals surface area contributed by atoms with E-state index in [-0.39, 0.29) is 5.82 Å². The Bertz CT molecular complexity index is 568. The van der Waals surface area contributed by atoms with E-state index in [9.17, 15) is 4.39 Å². The Morgan fingerprint density at radius 2 is 1.72 bits per heavy atom. The summed E-state index contributed by atoms with van der Waals surface area (Å²) in [5.74, 6) is -0.274. The Morgan fingerprint density at radius 1 is 1.00 bits per heavy atom. The van der Waals surface area contributed by atoms with Gasteiger partial charge in [0.15, 0.2) is 0 Å². The van der Waals surface area contributed by atoms with Gasteiger partial charge >= 0.3 is 0 Å². The van der Waals surface area contributed by atoms with Crippen LogP contribution in [-0.2, 0) is 0 Å². The molecule has 2 nitrogen and oxygen atoms in total. The van der Waals surface area contributed by atoms with Crippen molar-refractivity contribution in [2.24, 2.45) is 5.10 Å². The van der Waals surface area contributed by atoms with Crippen LogP contribution in [0.15, 0.2) is 47.6 Å². The van der Waals surface area contributed by atoms with E-state index in [1.165, 1.54) is 12.1 Å². The Labute approximate surface area is 114 Å². The van der Waals surface area contributed by atoms with Crippen LogP contribution < -0.4 is 5.43 Å². The quantitative estimate of drug-likeness (QED) is 0.647. The minimum absolute atomic E-state index is 0.274. The summed E-state index contributed by atoms with van der Waals surface area (Å²) in [7, 11) is 0. The molecule has 1 N–H and O–H groups in total. The molecule has 0 radical (unpaired) electrons. The van der Waals surface area contributed by atoms with Gasteiger partial charge in [0.2, 0.25) is 0 Å². The number of nitrogens with zero attached hydrogens (tertiary/aromatic N) is 1. The molecule has 2 aromatic rings. The van der Waals surface area contributed by atoms with Crippen LogP contribution in [0.2, 0.25) is 10.0 Å². The molecule has 0 amide bonds. The monoisotopic (exact) mass is 282 g/mol. The number of hydrazone groups is 1. The molecule has 0 aliphatic heterocycles. The molecule has 92 valence electrons. The summed E-state index contributed by atoms with van der Waals surface area (Å²) in [5, 5.41) is 4.96. The molecule has 0 unspecified atom stereocenters.